The van der Waals surface area contributed by atoms with E-state index in [1.807, 2.05) is 58.0 Å². The van der Waals surface area contributed by atoms with E-state index in [1.54, 1.807) is 17.0 Å². The molecule has 6 aliphatic rings. The van der Waals surface area contributed by atoms with Crippen molar-refractivity contribution in [1.82, 2.24) is 9.80 Å². The highest BCUT2D eigenvalue weighted by Gasteiger charge is 2.68. The number of carbonyl (C=O) groups is 2. The summed E-state index contributed by atoms with van der Waals surface area (Å²) < 4.78 is 60.1. The van der Waals surface area contributed by atoms with Gasteiger partial charge in [0.25, 0.3) is 11.8 Å². The van der Waals surface area contributed by atoms with Crippen LogP contribution in [0.1, 0.15) is 101 Å². The summed E-state index contributed by atoms with van der Waals surface area (Å²) >= 11 is 0. The van der Waals surface area contributed by atoms with E-state index in [1.165, 1.54) is 4.90 Å². The Bertz CT molecular complexity index is 1980. The zero-order valence-electron chi connectivity index (χ0n) is 32.1. The summed E-state index contributed by atoms with van der Waals surface area (Å²) in [6.45, 7) is 9.40. The Morgan fingerprint density at radius 1 is 0.714 bits per heavy atom. The molecule has 2 aromatic rings. The second-order valence-corrected chi connectivity index (χ2v) is 16.6. The van der Waals surface area contributed by atoms with Crippen molar-refractivity contribution in [3.63, 3.8) is 0 Å². The van der Waals surface area contributed by atoms with Crippen molar-refractivity contribution < 1.29 is 36.6 Å². The monoisotopic (exact) mass is 779 g/mol. The van der Waals surface area contributed by atoms with E-state index in [4.69, 9.17) is 37.5 Å². The summed E-state index contributed by atoms with van der Waals surface area (Å²) in [6.07, 6.45) is 4.42. The Hall–Kier alpha value is -4.55. The molecule has 0 bridgehead atoms. The lowest BCUT2D eigenvalue weighted by molar-refractivity contribution is -0.179. The van der Waals surface area contributed by atoms with E-state index in [9.17, 15) is 27.2 Å². The molecule has 8 rings (SSSR count). The maximum atomic E-state index is 13.8. The van der Waals surface area contributed by atoms with Crippen LogP contribution in [-0.4, -0.2) is 71.0 Å². The van der Waals surface area contributed by atoms with Gasteiger partial charge in [-0.2, -0.15) is 17.6 Å². The number of fused-ring (bicyclic) bond motifs is 6. The molecule has 2 amide bonds. The molecular weight excluding hydrogens is 730 g/mol. The maximum Gasteiger partial charge on any atom is 0.345 e. The van der Waals surface area contributed by atoms with Crippen LogP contribution < -0.4 is 11.5 Å². The summed E-state index contributed by atoms with van der Waals surface area (Å²) in [5, 5.41) is 0. The molecule has 4 spiro atoms. The SMILES string of the molecule is CC(C)N1C(=O)C2(N=C1N)c1ccccc1CC21CCC(OC(F)F)CC1.[C-]#[N+]c1ccc2c(c1)C1(N=C(N)N(C(C)C)C1=O)C1(CCC(OC(F)F)CC1)C2. The van der Waals surface area contributed by atoms with Gasteiger partial charge in [0.15, 0.2) is 28.7 Å². The maximum absolute atomic E-state index is 13.8. The number of hydrogen-bond acceptors (Lipinski definition) is 8. The minimum absolute atomic E-state index is 0.0897. The number of ether oxygens (including phenoxy) is 2. The van der Waals surface area contributed by atoms with Crippen molar-refractivity contribution in [2.24, 2.45) is 32.3 Å². The van der Waals surface area contributed by atoms with Crippen LogP contribution in [0, 0.1) is 17.4 Å². The highest BCUT2D eigenvalue weighted by atomic mass is 19.3. The fraction of sp³-hybridized carbons (Fsp3) is 0.585. The first kappa shape index (κ1) is 39.7. The Balaban J connectivity index is 0.000000172. The Kier molecular flexibility index (Phi) is 10.2. The molecule has 2 atom stereocenters. The molecule has 2 aliphatic heterocycles. The second-order valence-electron chi connectivity index (χ2n) is 16.6. The van der Waals surface area contributed by atoms with Crippen LogP contribution in [-0.2, 0) is 43.0 Å². The number of carbonyl (C=O) groups excluding carboxylic acids is 2. The van der Waals surface area contributed by atoms with Crippen molar-refractivity contribution in [2.45, 2.75) is 140 Å². The lowest BCUT2D eigenvalue weighted by atomic mass is 9.61. The zero-order valence-corrected chi connectivity index (χ0v) is 32.1. The molecule has 2 heterocycles. The first-order valence-electron chi connectivity index (χ1n) is 19.4. The third-order valence-corrected chi connectivity index (χ3v) is 13.1. The van der Waals surface area contributed by atoms with E-state index < -0.39 is 47.3 Å². The van der Waals surface area contributed by atoms with E-state index in [-0.39, 0.29) is 35.8 Å². The average Bonchev–Trinajstić information content (AvgIpc) is 3.77. The molecule has 4 N–H and O–H groups in total. The van der Waals surface area contributed by atoms with Crippen LogP contribution in [0.3, 0.4) is 0 Å². The van der Waals surface area contributed by atoms with Crippen LogP contribution in [0.5, 0.6) is 0 Å². The van der Waals surface area contributed by atoms with Crippen molar-refractivity contribution in [2.75, 3.05) is 0 Å². The van der Waals surface area contributed by atoms with Gasteiger partial charge in [0.2, 0.25) is 0 Å². The van der Waals surface area contributed by atoms with Gasteiger partial charge >= 0.3 is 13.2 Å². The minimum atomic E-state index is -2.80. The Morgan fingerprint density at radius 3 is 1.55 bits per heavy atom. The van der Waals surface area contributed by atoms with Gasteiger partial charge in [0.1, 0.15) is 0 Å². The summed E-state index contributed by atoms with van der Waals surface area (Å²) in [7, 11) is 0. The van der Waals surface area contributed by atoms with E-state index >= 15 is 0 Å². The molecule has 4 aliphatic carbocycles. The van der Waals surface area contributed by atoms with E-state index in [0.717, 1.165) is 22.3 Å². The van der Waals surface area contributed by atoms with Gasteiger partial charge in [-0.25, -0.2) is 14.8 Å². The van der Waals surface area contributed by atoms with Gasteiger partial charge in [-0.3, -0.25) is 19.4 Å². The number of amides is 2. The molecule has 2 saturated carbocycles. The first-order chi connectivity index (χ1) is 26.5. The van der Waals surface area contributed by atoms with Gasteiger partial charge in [0.05, 0.1) is 18.8 Å². The van der Waals surface area contributed by atoms with Crippen LogP contribution >= 0.6 is 0 Å². The third kappa shape index (κ3) is 5.97. The van der Waals surface area contributed by atoms with Crippen LogP contribution in [0.2, 0.25) is 0 Å². The van der Waals surface area contributed by atoms with Crippen molar-refractivity contribution in [3.05, 3.63) is 76.1 Å². The number of alkyl halides is 4. The molecule has 2 aromatic carbocycles. The standard InChI is InChI=1S/C21H24F2N4O2.C20H25F2N3O2/c1-12(2)27-17(28)21(26-19(27)24)16-10-14(25-3)5-4-13(16)11-20(21)8-6-15(7-9-20)29-18(22)23;1-12(2)25-16(26)20(24-18(25)23)15-6-4-3-5-13(15)11-19(20)9-7-14(8-10-19)27-17(21)22/h4-5,10,12,15,18H,6-9,11H2,1-2H3,(H2,24,26);3-6,12,14,17H,7-11H2,1-2H3,(H2,23,24). The lowest BCUT2D eigenvalue weighted by Gasteiger charge is -2.45. The molecule has 15 heteroatoms. The Morgan fingerprint density at radius 2 is 1.14 bits per heavy atom. The molecule has 0 radical (unpaired) electrons. The molecule has 2 unspecified atom stereocenters. The fourth-order valence-corrected chi connectivity index (χ4v) is 10.8. The quantitative estimate of drug-likeness (QED) is 0.242. The third-order valence-electron chi connectivity index (χ3n) is 13.1. The van der Waals surface area contributed by atoms with E-state index in [0.29, 0.717) is 69.9 Å². The van der Waals surface area contributed by atoms with Crippen LogP contribution in [0.25, 0.3) is 4.85 Å². The van der Waals surface area contributed by atoms with Crippen molar-refractivity contribution in [3.8, 4) is 0 Å². The summed E-state index contributed by atoms with van der Waals surface area (Å²) in [6, 6.07) is 13.0. The second kappa shape index (κ2) is 14.4. The van der Waals surface area contributed by atoms with Crippen molar-refractivity contribution >= 4 is 29.4 Å². The molecule has 0 saturated heterocycles. The highest BCUT2D eigenvalue weighted by molar-refractivity contribution is 6.09. The molecular formula is C41H49F4N7O4. The molecule has 300 valence electrons. The topological polar surface area (TPSA) is 140 Å². The predicted octanol–water partition coefficient (Wildman–Crippen LogP) is 6.89. The Labute approximate surface area is 324 Å². The minimum Gasteiger partial charge on any atom is -0.369 e. The summed E-state index contributed by atoms with van der Waals surface area (Å²) in [4.78, 5) is 43.6. The summed E-state index contributed by atoms with van der Waals surface area (Å²) in [5.41, 5.74) is 13.3. The number of nitrogens with zero attached hydrogens (tertiary/aromatic N) is 5. The van der Waals surface area contributed by atoms with E-state index in [2.05, 4.69) is 4.85 Å². The van der Waals surface area contributed by atoms with Gasteiger partial charge < -0.3 is 20.9 Å². The van der Waals surface area contributed by atoms with Crippen LogP contribution in [0.15, 0.2) is 52.4 Å². The first-order valence-corrected chi connectivity index (χ1v) is 19.4. The number of guanidine groups is 2. The molecule has 0 aromatic heterocycles. The number of aliphatic imine (C=N–C) groups is 2. The normalized spacial score (nSPS) is 31.9. The van der Waals surface area contributed by atoms with Gasteiger partial charge in [-0.15, -0.1) is 0 Å². The zero-order chi connectivity index (χ0) is 40.4. The number of hydrogen-bond donors (Lipinski definition) is 2. The number of rotatable bonds is 6. The smallest absolute Gasteiger partial charge is 0.345 e. The lowest BCUT2D eigenvalue weighted by Crippen LogP contribution is -2.53. The van der Waals surface area contributed by atoms with Gasteiger partial charge in [-0.1, -0.05) is 42.5 Å². The fourth-order valence-electron chi connectivity index (χ4n) is 10.8. The summed E-state index contributed by atoms with van der Waals surface area (Å²) in [5.74, 6) is 0.153. The predicted molar refractivity (Wildman–Crippen MR) is 201 cm³/mol. The largest absolute Gasteiger partial charge is 0.369 e. The molecule has 56 heavy (non-hydrogen) atoms. The van der Waals surface area contributed by atoms with Gasteiger partial charge in [0, 0.05) is 22.9 Å². The van der Waals surface area contributed by atoms with Gasteiger partial charge in [-0.05, 0) is 114 Å². The molecule has 11 nitrogen and oxygen atoms in total. The molecule has 2 fully saturated rings. The number of halogens is 4. The number of nitrogens with two attached hydrogens (primary N) is 2. The number of benzene rings is 2. The highest BCUT2D eigenvalue weighted by Crippen LogP contribution is 2.63. The van der Waals surface area contributed by atoms with Crippen molar-refractivity contribution in [1.29, 1.82) is 0 Å². The average molecular weight is 780 g/mol. The van der Waals surface area contributed by atoms with Crippen LogP contribution in [0.4, 0.5) is 23.2 Å².